The van der Waals surface area contributed by atoms with Gasteiger partial charge in [-0.05, 0) is 12.1 Å². The number of hydrogen-bond acceptors (Lipinski definition) is 2. The van der Waals surface area contributed by atoms with E-state index in [1.54, 1.807) is 6.07 Å². The van der Waals surface area contributed by atoms with Crippen molar-refractivity contribution in [3.05, 3.63) is 46.4 Å². The number of H-pyrrole nitrogens is 2. The van der Waals surface area contributed by atoms with Gasteiger partial charge in [-0.15, -0.1) is 0 Å². The minimum atomic E-state index is -0.306. The second kappa shape index (κ2) is 3.73. The summed E-state index contributed by atoms with van der Waals surface area (Å²) < 4.78 is 0. The summed E-state index contributed by atoms with van der Waals surface area (Å²) in [6.45, 7) is 0. The van der Waals surface area contributed by atoms with Gasteiger partial charge < -0.3 is 15.3 Å². The van der Waals surface area contributed by atoms with Crippen molar-refractivity contribution in [1.82, 2.24) is 15.3 Å². The van der Waals surface area contributed by atoms with Crippen molar-refractivity contribution in [2.45, 2.75) is 0 Å². The van der Waals surface area contributed by atoms with Gasteiger partial charge in [0.1, 0.15) is 11.2 Å². The number of fused-ring (bicyclic) bond motifs is 3. The van der Waals surface area contributed by atoms with E-state index in [0.29, 0.717) is 5.52 Å². The van der Waals surface area contributed by atoms with Crippen molar-refractivity contribution in [1.29, 1.82) is 0 Å². The van der Waals surface area contributed by atoms with Crippen LogP contribution in [0.4, 0.5) is 0 Å². The molecule has 0 bridgehead atoms. The number of rotatable bonds is 1. The molecule has 0 radical (unpaired) electrons. The second-order valence-electron chi connectivity index (χ2n) is 4.05. The van der Waals surface area contributed by atoms with E-state index in [-0.39, 0.29) is 17.2 Å². The number of nitrogens with one attached hydrogen (secondary N) is 3. The topological polar surface area (TPSA) is 77.8 Å². The van der Waals surface area contributed by atoms with E-state index < -0.39 is 0 Å². The average molecular weight is 241 g/mol. The molecule has 2 heterocycles. The maximum atomic E-state index is 11.9. The summed E-state index contributed by atoms with van der Waals surface area (Å²) in [4.78, 5) is 29.1. The SMILES string of the molecule is CNC(=O)c1cc2c([nH]c3ccccc32)c(=O)[nH]1. The van der Waals surface area contributed by atoms with Gasteiger partial charge in [0.15, 0.2) is 0 Å². The van der Waals surface area contributed by atoms with Gasteiger partial charge in [0.2, 0.25) is 0 Å². The van der Waals surface area contributed by atoms with Crippen LogP contribution in [0, 0.1) is 0 Å². The largest absolute Gasteiger partial charge is 0.354 e. The molecule has 0 saturated heterocycles. The Hall–Kier alpha value is -2.56. The van der Waals surface area contributed by atoms with Crippen molar-refractivity contribution >= 4 is 27.7 Å². The molecule has 0 aliphatic heterocycles. The fourth-order valence-electron chi connectivity index (χ4n) is 2.11. The van der Waals surface area contributed by atoms with Gasteiger partial charge in [-0.1, -0.05) is 18.2 Å². The van der Waals surface area contributed by atoms with Crippen LogP contribution in [0.1, 0.15) is 10.5 Å². The molecule has 0 unspecified atom stereocenters. The predicted molar refractivity (Wildman–Crippen MR) is 69.8 cm³/mol. The first kappa shape index (κ1) is 10.6. The third-order valence-corrected chi connectivity index (χ3v) is 2.98. The first-order chi connectivity index (χ1) is 8.70. The number of hydrogen-bond donors (Lipinski definition) is 3. The summed E-state index contributed by atoms with van der Waals surface area (Å²) in [6, 6.07) is 9.30. The lowest BCUT2D eigenvalue weighted by molar-refractivity contribution is 0.0958. The number of carbonyl (C=O) groups excluding carboxylic acids is 1. The van der Waals surface area contributed by atoms with E-state index in [1.807, 2.05) is 24.3 Å². The Morgan fingerprint density at radius 2 is 1.94 bits per heavy atom. The molecular formula is C13H11N3O2. The number of amides is 1. The van der Waals surface area contributed by atoms with E-state index in [2.05, 4.69) is 15.3 Å². The van der Waals surface area contributed by atoms with E-state index in [4.69, 9.17) is 0 Å². The van der Waals surface area contributed by atoms with Gasteiger partial charge in [-0.25, -0.2) is 0 Å². The summed E-state index contributed by atoms with van der Waals surface area (Å²) in [5, 5.41) is 4.19. The third kappa shape index (κ3) is 1.41. The number of pyridine rings is 1. The minimum absolute atomic E-state index is 0.264. The maximum Gasteiger partial charge on any atom is 0.272 e. The fourth-order valence-corrected chi connectivity index (χ4v) is 2.11. The zero-order valence-corrected chi connectivity index (χ0v) is 9.70. The highest BCUT2D eigenvalue weighted by Gasteiger charge is 2.11. The van der Waals surface area contributed by atoms with Crippen molar-refractivity contribution in [2.24, 2.45) is 0 Å². The summed E-state index contributed by atoms with van der Waals surface area (Å²) in [6.07, 6.45) is 0. The molecule has 1 aromatic carbocycles. The number of benzene rings is 1. The van der Waals surface area contributed by atoms with Gasteiger partial charge in [0.25, 0.3) is 11.5 Å². The Morgan fingerprint density at radius 3 is 2.72 bits per heavy atom. The standard InChI is InChI=1S/C13H11N3O2/c1-14-12(17)10-6-8-7-4-2-3-5-9(7)15-11(8)13(18)16-10/h2-6,15H,1H3,(H,14,17)(H,16,18). The van der Waals surface area contributed by atoms with Crippen molar-refractivity contribution in [3.63, 3.8) is 0 Å². The molecule has 0 atom stereocenters. The fraction of sp³-hybridized carbons (Fsp3) is 0.0769. The van der Waals surface area contributed by atoms with E-state index in [1.165, 1.54) is 7.05 Å². The minimum Gasteiger partial charge on any atom is -0.354 e. The van der Waals surface area contributed by atoms with E-state index in [9.17, 15) is 9.59 Å². The van der Waals surface area contributed by atoms with E-state index in [0.717, 1.165) is 16.3 Å². The molecule has 0 aliphatic rings. The molecule has 0 spiro atoms. The van der Waals surface area contributed by atoms with Crippen LogP contribution in [-0.2, 0) is 0 Å². The van der Waals surface area contributed by atoms with Gasteiger partial charge in [-0.3, -0.25) is 9.59 Å². The Bertz CT molecular complexity index is 814. The molecule has 3 aromatic rings. The van der Waals surface area contributed by atoms with Crippen molar-refractivity contribution in [2.75, 3.05) is 7.05 Å². The van der Waals surface area contributed by atoms with Crippen LogP contribution >= 0.6 is 0 Å². The number of carbonyl (C=O) groups is 1. The normalized spacial score (nSPS) is 10.9. The van der Waals surface area contributed by atoms with Gasteiger partial charge >= 0.3 is 0 Å². The molecular weight excluding hydrogens is 230 g/mol. The van der Waals surface area contributed by atoms with Crippen LogP contribution in [0.5, 0.6) is 0 Å². The molecule has 18 heavy (non-hydrogen) atoms. The lowest BCUT2D eigenvalue weighted by atomic mass is 10.1. The summed E-state index contributed by atoms with van der Waals surface area (Å²) in [5.74, 6) is -0.306. The molecule has 0 aliphatic carbocycles. The predicted octanol–water partition coefficient (Wildman–Crippen LogP) is 1.37. The summed E-state index contributed by atoms with van der Waals surface area (Å²) in [5.41, 5.74) is 1.35. The Labute approximate surface area is 102 Å². The molecule has 5 nitrogen and oxygen atoms in total. The van der Waals surface area contributed by atoms with Gasteiger partial charge in [-0.2, -0.15) is 0 Å². The second-order valence-corrected chi connectivity index (χ2v) is 4.05. The number of aromatic amines is 2. The first-order valence-corrected chi connectivity index (χ1v) is 5.56. The Morgan fingerprint density at radius 1 is 1.17 bits per heavy atom. The van der Waals surface area contributed by atoms with Crippen LogP contribution in [0.15, 0.2) is 35.1 Å². The van der Waals surface area contributed by atoms with E-state index >= 15 is 0 Å². The highest BCUT2D eigenvalue weighted by Crippen LogP contribution is 2.22. The molecule has 5 heteroatoms. The third-order valence-electron chi connectivity index (χ3n) is 2.98. The zero-order chi connectivity index (χ0) is 12.7. The van der Waals surface area contributed by atoms with Crippen molar-refractivity contribution < 1.29 is 4.79 Å². The molecule has 2 aromatic heterocycles. The first-order valence-electron chi connectivity index (χ1n) is 5.56. The number of para-hydroxylation sites is 1. The Kier molecular flexibility index (Phi) is 2.19. The number of aromatic nitrogens is 2. The summed E-state index contributed by atoms with van der Waals surface area (Å²) >= 11 is 0. The van der Waals surface area contributed by atoms with Crippen LogP contribution in [0.3, 0.4) is 0 Å². The molecule has 1 amide bonds. The molecule has 0 fully saturated rings. The highest BCUT2D eigenvalue weighted by molar-refractivity contribution is 6.08. The quantitative estimate of drug-likeness (QED) is 0.601. The molecule has 3 N–H and O–H groups in total. The lowest BCUT2D eigenvalue weighted by Gasteiger charge is -1.99. The maximum absolute atomic E-state index is 11.9. The van der Waals surface area contributed by atoms with Crippen molar-refractivity contribution in [3.8, 4) is 0 Å². The van der Waals surface area contributed by atoms with Gasteiger partial charge in [0.05, 0.1) is 0 Å². The smallest absolute Gasteiger partial charge is 0.272 e. The van der Waals surface area contributed by atoms with Crippen LogP contribution in [0.2, 0.25) is 0 Å². The highest BCUT2D eigenvalue weighted by atomic mass is 16.2. The lowest BCUT2D eigenvalue weighted by Crippen LogP contribution is -2.22. The average Bonchev–Trinajstić information content (AvgIpc) is 2.77. The van der Waals surface area contributed by atoms with Crippen LogP contribution < -0.4 is 10.9 Å². The Balaban J connectivity index is 2.44. The summed E-state index contributed by atoms with van der Waals surface area (Å²) in [7, 11) is 1.53. The molecule has 3 rings (SSSR count). The van der Waals surface area contributed by atoms with Gasteiger partial charge in [0, 0.05) is 23.3 Å². The monoisotopic (exact) mass is 241 g/mol. The molecule has 90 valence electrons. The zero-order valence-electron chi connectivity index (χ0n) is 9.70. The van der Waals surface area contributed by atoms with Crippen LogP contribution in [-0.4, -0.2) is 22.9 Å². The van der Waals surface area contributed by atoms with Crippen LogP contribution in [0.25, 0.3) is 21.8 Å². The molecule has 0 saturated carbocycles.